The minimum Gasteiger partial charge on any atom is -0.399 e. The van der Waals surface area contributed by atoms with Crippen LogP contribution in [0.2, 0.25) is 0 Å². The molecular formula is C26H32N2. The molecule has 2 heteroatoms. The molecule has 0 amide bonds. The van der Waals surface area contributed by atoms with Crippen LogP contribution in [0.4, 0.5) is 5.69 Å². The highest BCUT2D eigenvalue weighted by Gasteiger charge is 2.09. The van der Waals surface area contributed by atoms with E-state index in [1.54, 1.807) is 5.57 Å². The van der Waals surface area contributed by atoms with Gasteiger partial charge in [-0.15, -0.1) is 0 Å². The summed E-state index contributed by atoms with van der Waals surface area (Å²) in [6, 6.07) is 16.4. The predicted molar refractivity (Wildman–Crippen MR) is 123 cm³/mol. The molecule has 0 spiro atoms. The maximum Gasteiger partial charge on any atom is 0.0393 e. The van der Waals surface area contributed by atoms with Gasteiger partial charge in [-0.05, 0) is 79.8 Å². The molecule has 4 N–H and O–H groups in total. The van der Waals surface area contributed by atoms with Gasteiger partial charge in [0.2, 0.25) is 0 Å². The van der Waals surface area contributed by atoms with E-state index in [0.717, 1.165) is 28.9 Å². The van der Waals surface area contributed by atoms with Crippen molar-refractivity contribution < 1.29 is 0 Å². The van der Waals surface area contributed by atoms with Crippen molar-refractivity contribution in [2.45, 2.75) is 46.0 Å². The van der Waals surface area contributed by atoms with Crippen LogP contribution in [-0.4, -0.2) is 0 Å². The van der Waals surface area contributed by atoms with Crippen molar-refractivity contribution in [3.63, 3.8) is 0 Å². The largest absolute Gasteiger partial charge is 0.399 e. The van der Waals surface area contributed by atoms with Crippen LogP contribution >= 0.6 is 0 Å². The van der Waals surface area contributed by atoms with Crippen molar-refractivity contribution in [2.24, 2.45) is 11.7 Å². The molecule has 0 radical (unpaired) electrons. The molecule has 0 fully saturated rings. The fraction of sp³-hybridized carbons (Fsp3) is 0.308. The van der Waals surface area contributed by atoms with Gasteiger partial charge in [0, 0.05) is 11.4 Å². The fourth-order valence-electron chi connectivity index (χ4n) is 3.64. The lowest BCUT2D eigenvalue weighted by atomic mass is 9.89. The Bertz CT molecular complexity index is 868. The third-order valence-electron chi connectivity index (χ3n) is 5.53. The summed E-state index contributed by atoms with van der Waals surface area (Å²) in [4.78, 5) is 0. The standard InChI is InChI=1S/C26H32N2/c1-19-3-7-22(8-4-19)17-20(2)5-6-21-9-13-24(14-10-21)26(28)18-23-11-15-25(27)16-12-23/h3,7,9-16,18,20H,4-6,8,17,27-28H2,1-2H3/b26-18-. The van der Waals surface area contributed by atoms with Gasteiger partial charge in [-0.1, -0.05) is 66.6 Å². The van der Waals surface area contributed by atoms with Crippen LogP contribution in [0.25, 0.3) is 11.8 Å². The Labute approximate surface area is 169 Å². The van der Waals surface area contributed by atoms with Gasteiger partial charge in [-0.25, -0.2) is 0 Å². The summed E-state index contributed by atoms with van der Waals surface area (Å²) < 4.78 is 0. The van der Waals surface area contributed by atoms with Gasteiger partial charge in [0.1, 0.15) is 0 Å². The smallest absolute Gasteiger partial charge is 0.0393 e. The van der Waals surface area contributed by atoms with Gasteiger partial charge >= 0.3 is 0 Å². The first-order valence-electron chi connectivity index (χ1n) is 10.3. The molecule has 0 saturated carbocycles. The average molecular weight is 373 g/mol. The Morgan fingerprint density at radius 3 is 2.36 bits per heavy atom. The summed E-state index contributed by atoms with van der Waals surface area (Å²) in [5, 5.41) is 0. The molecular weight excluding hydrogens is 340 g/mol. The quantitative estimate of drug-likeness (QED) is 0.439. The van der Waals surface area contributed by atoms with Gasteiger partial charge in [0.15, 0.2) is 0 Å². The highest BCUT2D eigenvalue weighted by atomic mass is 14.6. The van der Waals surface area contributed by atoms with Gasteiger partial charge in [-0.2, -0.15) is 0 Å². The first-order valence-corrected chi connectivity index (χ1v) is 10.3. The zero-order valence-corrected chi connectivity index (χ0v) is 17.1. The predicted octanol–water partition coefficient (Wildman–Crippen LogP) is 6.35. The summed E-state index contributed by atoms with van der Waals surface area (Å²) in [5.74, 6) is 0.716. The van der Waals surface area contributed by atoms with Crippen LogP contribution in [0.1, 0.15) is 56.2 Å². The van der Waals surface area contributed by atoms with Crippen LogP contribution in [0.3, 0.4) is 0 Å². The molecule has 146 valence electrons. The van der Waals surface area contributed by atoms with Gasteiger partial charge < -0.3 is 11.5 Å². The van der Waals surface area contributed by atoms with E-state index in [2.05, 4.69) is 50.3 Å². The summed E-state index contributed by atoms with van der Waals surface area (Å²) in [6.45, 7) is 4.59. The number of hydrogen-bond donors (Lipinski definition) is 2. The maximum atomic E-state index is 6.27. The van der Waals surface area contributed by atoms with Crippen LogP contribution in [0.5, 0.6) is 0 Å². The highest BCUT2D eigenvalue weighted by molar-refractivity contribution is 5.79. The monoisotopic (exact) mass is 372 g/mol. The molecule has 1 aliphatic carbocycles. The van der Waals surface area contributed by atoms with Crippen LogP contribution in [0, 0.1) is 5.92 Å². The maximum absolute atomic E-state index is 6.27. The third kappa shape index (κ3) is 5.88. The molecule has 1 atom stereocenters. The number of nitrogen functional groups attached to an aromatic ring is 1. The van der Waals surface area contributed by atoms with Gasteiger partial charge in [0.25, 0.3) is 0 Å². The number of rotatable bonds is 7. The van der Waals surface area contributed by atoms with Gasteiger partial charge in [-0.3, -0.25) is 0 Å². The molecule has 28 heavy (non-hydrogen) atoms. The van der Waals surface area contributed by atoms with Crippen molar-refractivity contribution >= 4 is 17.5 Å². The van der Waals surface area contributed by atoms with Crippen molar-refractivity contribution in [1.82, 2.24) is 0 Å². The number of benzene rings is 2. The zero-order valence-electron chi connectivity index (χ0n) is 17.1. The van der Waals surface area contributed by atoms with Gasteiger partial charge in [0.05, 0.1) is 0 Å². The Morgan fingerprint density at radius 2 is 1.71 bits per heavy atom. The second kappa shape index (κ2) is 9.45. The molecule has 0 aliphatic heterocycles. The Morgan fingerprint density at radius 1 is 1.00 bits per heavy atom. The number of aryl methyl sites for hydroxylation is 1. The number of allylic oxidation sites excluding steroid dienone is 4. The molecule has 3 rings (SSSR count). The molecule has 0 bridgehead atoms. The lowest BCUT2D eigenvalue weighted by molar-refractivity contribution is 0.519. The SMILES string of the molecule is CC1=CC=C(CC(C)CCc2ccc(/C(N)=C/c3ccc(N)cc3)cc2)CC1. The number of anilines is 1. The van der Waals surface area contributed by atoms with E-state index in [1.807, 2.05) is 30.3 Å². The molecule has 2 aromatic carbocycles. The van der Waals surface area contributed by atoms with Crippen molar-refractivity contribution in [3.05, 3.63) is 88.5 Å². The molecule has 0 heterocycles. The Kier molecular flexibility index (Phi) is 6.76. The van der Waals surface area contributed by atoms with E-state index in [1.165, 1.54) is 36.8 Å². The lowest BCUT2D eigenvalue weighted by Gasteiger charge is -2.17. The van der Waals surface area contributed by atoms with E-state index >= 15 is 0 Å². The molecule has 1 aliphatic rings. The van der Waals surface area contributed by atoms with E-state index < -0.39 is 0 Å². The van der Waals surface area contributed by atoms with E-state index in [9.17, 15) is 0 Å². The summed E-state index contributed by atoms with van der Waals surface area (Å²) in [6.07, 6.45) is 12.6. The first kappa shape index (κ1) is 20.0. The zero-order chi connectivity index (χ0) is 19.9. The summed E-state index contributed by atoms with van der Waals surface area (Å²) >= 11 is 0. The fourth-order valence-corrected chi connectivity index (χ4v) is 3.64. The van der Waals surface area contributed by atoms with Crippen LogP contribution < -0.4 is 11.5 Å². The van der Waals surface area contributed by atoms with Crippen LogP contribution in [0.15, 0.2) is 71.8 Å². The topological polar surface area (TPSA) is 52.0 Å². The van der Waals surface area contributed by atoms with Crippen molar-refractivity contribution in [2.75, 3.05) is 5.73 Å². The van der Waals surface area contributed by atoms with E-state index in [0.29, 0.717) is 5.92 Å². The van der Waals surface area contributed by atoms with Crippen molar-refractivity contribution in [3.8, 4) is 0 Å². The molecule has 1 unspecified atom stereocenters. The summed E-state index contributed by atoms with van der Waals surface area (Å²) in [7, 11) is 0. The number of hydrogen-bond acceptors (Lipinski definition) is 2. The molecule has 2 nitrogen and oxygen atoms in total. The number of nitrogens with two attached hydrogens (primary N) is 2. The lowest BCUT2D eigenvalue weighted by Crippen LogP contribution is -2.02. The van der Waals surface area contributed by atoms with E-state index in [-0.39, 0.29) is 0 Å². The third-order valence-corrected chi connectivity index (χ3v) is 5.53. The molecule has 0 aromatic heterocycles. The molecule has 0 saturated heterocycles. The van der Waals surface area contributed by atoms with E-state index in [4.69, 9.17) is 11.5 Å². The Hall–Kier alpha value is -2.74. The first-order chi connectivity index (χ1) is 13.5. The van der Waals surface area contributed by atoms with Crippen LogP contribution in [-0.2, 0) is 6.42 Å². The second-order valence-electron chi connectivity index (χ2n) is 8.15. The average Bonchev–Trinajstić information content (AvgIpc) is 2.70. The minimum absolute atomic E-state index is 0.716. The summed E-state index contributed by atoms with van der Waals surface area (Å²) in [5.41, 5.74) is 20.2. The normalized spacial score (nSPS) is 15.7. The minimum atomic E-state index is 0.716. The Balaban J connectivity index is 1.53. The molecule has 2 aromatic rings. The highest BCUT2D eigenvalue weighted by Crippen LogP contribution is 2.26. The second-order valence-corrected chi connectivity index (χ2v) is 8.15. The van der Waals surface area contributed by atoms with Crippen molar-refractivity contribution in [1.29, 1.82) is 0 Å².